The largest absolute Gasteiger partial charge is 0.445 e. The third kappa shape index (κ3) is 9.69. The van der Waals surface area contributed by atoms with Gasteiger partial charge >= 0.3 is 12.2 Å². The van der Waals surface area contributed by atoms with Crippen molar-refractivity contribution in [2.24, 2.45) is 0 Å². The fourth-order valence-electron chi connectivity index (χ4n) is 1.26. The Kier molecular flexibility index (Phi) is 9.37. The predicted octanol–water partition coefficient (Wildman–Crippen LogP) is 1.16. The first-order valence-corrected chi connectivity index (χ1v) is 6.04. The van der Waals surface area contributed by atoms with Crippen LogP contribution in [0.4, 0.5) is 9.59 Å². The SMILES string of the molecule is C=CCOC(=O)NCC(CC(C)=O)NC(=O)OCC=C. The van der Waals surface area contributed by atoms with Gasteiger partial charge in [-0.05, 0) is 6.92 Å². The lowest BCUT2D eigenvalue weighted by Crippen LogP contribution is -2.45. The Hall–Kier alpha value is -2.31. The molecule has 2 amide bonds. The number of carbonyl (C=O) groups excluding carboxylic acids is 3. The minimum absolute atomic E-state index is 0.0543. The van der Waals surface area contributed by atoms with E-state index in [9.17, 15) is 14.4 Å². The zero-order valence-corrected chi connectivity index (χ0v) is 11.5. The van der Waals surface area contributed by atoms with Gasteiger partial charge in [-0.2, -0.15) is 0 Å². The van der Waals surface area contributed by atoms with Gasteiger partial charge in [0, 0.05) is 13.0 Å². The number of hydrogen-bond acceptors (Lipinski definition) is 5. The summed E-state index contributed by atoms with van der Waals surface area (Å²) in [6.07, 6.45) is 1.59. The highest BCUT2D eigenvalue weighted by Gasteiger charge is 2.16. The standard InChI is InChI=1S/C13H20N2O5/c1-4-6-19-12(17)14-9-11(8-10(3)16)15-13(18)20-7-5-2/h4-5,11H,1-2,6-9H2,3H3,(H,14,17)(H,15,18). The van der Waals surface area contributed by atoms with E-state index in [0.717, 1.165) is 0 Å². The molecule has 0 heterocycles. The average molecular weight is 284 g/mol. The molecule has 112 valence electrons. The van der Waals surface area contributed by atoms with Gasteiger partial charge in [0.25, 0.3) is 0 Å². The van der Waals surface area contributed by atoms with Crippen LogP contribution in [0.5, 0.6) is 0 Å². The molecule has 0 aliphatic heterocycles. The van der Waals surface area contributed by atoms with E-state index in [1.54, 1.807) is 0 Å². The van der Waals surface area contributed by atoms with Crippen molar-refractivity contribution in [3.05, 3.63) is 25.3 Å². The number of ketones is 1. The lowest BCUT2D eigenvalue weighted by Gasteiger charge is -2.17. The molecule has 0 spiro atoms. The fraction of sp³-hybridized carbons (Fsp3) is 0.462. The molecule has 0 aliphatic carbocycles. The van der Waals surface area contributed by atoms with Crippen LogP contribution < -0.4 is 10.6 Å². The van der Waals surface area contributed by atoms with Crippen molar-refractivity contribution in [1.29, 1.82) is 0 Å². The number of alkyl carbamates (subject to hydrolysis) is 2. The molecule has 0 saturated heterocycles. The molecule has 2 N–H and O–H groups in total. The van der Waals surface area contributed by atoms with E-state index in [2.05, 4.69) is 23.8 Å². The second kappa shape index (κ2) is 10.6. The summed E-state index contributed by atoms with van der Waals surface area (Å²) in [5.74, 6) is -0.125. The minimum atomic E-state index is -0.683. The molecule has 1 atom stereocenters. The monoisotopic (exact) mass is 284 g/mol. The number of Topliss-reactive ketones (excluding diaryl/α,β-unsaturated/α-hetero) is 1. The van der Waals surface area contributed by atoms with Crippen molar-refractivity contribution in [1.82, 2.24) is 10.6 Å². The molecule has 7 nitrogen and oxygen atoms in total. The summed E-state index contributed by atoms with van der Waals surface area (Å²) in [6.45, 7) is 8.40. The van der Waals surface area contributed by atoms with Crippen LogP contribution in [0.3, 0.4) is 0 Å². The van der Waals surface area contributed by atoms with Crippen molar-refractivity contribution < 1.29 is 23.9 Å². The molecule has 0 rings (SSSR count). The smallest absolute Gasteiger partial charge is 0.407 e. The highest BCUT2D eigenvalue weighted by molar-refractivity contribution is 5.77. The summed E-state index contributed by atoms with van der Waals surface area (Å²) in [5, 5.41) is 4.91. The van der Waals surface area contributed by atoms with Gasteiger partial charge in [0.1, 0.15) is 19.0 Å². The highest BCUT2D eigenvalue weighted by atomic mass is 16.6. The second-order valence-electron chi connectivity index (χ2n) is 3.90. The molecule has 0 aromatic carbocycles. The first-order chi connectivity index (χ1) is 9.49. The molecule has 0 aromatic rings. The molecule has 0 fully saturated rings. The maximum atomic E-state index is 11.4. The number of ether oxygens (including phenoxy) is 2. The van der Waals surface area contributed by atoms with Crippen molar-refractivity contribution in [2.75, 3.05) is 19.8 Å². The van der Waals surface area contributed by atoms with Gasteiger partial charge in [-0.15, -0.1) is 0 Å². The molecular weight excluding hydrogens is 264 g/mol. The van der Waals surface area contributed by atoms with Crippen LogP contribution in [0.15, 0.2) is 25.3 Å². The Morgan fingerprint density at radius 2 is 1.65 bits per heavy atom. The third-order valence-corrected chi connectivity index (χ3v) is 2.01. The van der Waals surface area contributed by atoms with Gasteiger partial charge in [0.05, 0.1) is 6.04 Å². The summed E-state index contributed by atoms with van der Waals surface area (Å²) < 4.78 is 9.44. The maximum Gasteiger partial charge on any atom is 0.407 e. The van der Waals surface area contributed by atoms with Crippen LogP contribution in [0, 0.1) is 0 Å². The van der Waals surface area contributed by atoms with Crippen LogP contribution in [0.25, 0.3) is 0 Å². The quantitative estimate of drug-likeness (QED) is 0.620. The van der Waals surface area contributed by atoms with Crippen molar-refractivity contribution in [3.63, 3.8) is 0 Å². The molecule has 0 aromatic heterocycles. The predicted molar refractivity (Wildman–Crippen MR) is 73.3 cm³/mol. The number of nitrogens with one attached hydrogen (secondary N) is 2. The summed E-state index contributed by atoms with van der Waals surface area (Å²) in [7, 11) is 0. The second-order valence-corrected chi connectivity index (χ2v) is 3.90. The van der Waals surface area contributed by atoms with Crippen LogP contribution in [0.1, 0.15) is 13.3 Å². The van der Waals surface area contributed by atoms with E-state index in [1.165, 1.54) is 19.1 Å². The zero-order valence-electron chi connectivity index (χ0n) is 11.5. The highest BCUT2D eigenvalue weighted by Crippen LogP contribution is 1.94. The zero-order chi connectivity index (χ0) is 15.4. The lowest BCUT2D eigenvalue weighted by atomic mass is 10.1. The summed E-state index contributed by atoms with van der Waals surface area (Å²) in [5.41, 5.74) is 0. The Labute approximate surface area is 118 Å². The number of amides is 2. The molecule has 0 aliphatic rings. The van der Waals surface area contributed by atoms with E-state index in [4.69, 9.17) is 9.47 Å². The van der Waals surface area contributed by atoms with Crippen LogP contribution in [-0.4, -0.2) is 43.8 Å². The van der Waals surface area contributed by atoms with Gasteiger partial charge in [0.2, 0.25) is 0 Å². The maximum absolute atomic E-state index is 11.4. The summed E-state index contributed by atoms with van der Waals surface area (Å²) >= 11 is 0. The lowest BCUT2D eigenvalue weighted by molar-refractivity contribution is -0.117. The average Bonchev–Trinajstić information content (AvgIpc) is 2.39. The minimum Gasteiger partial charge on any atom is -0.445 e. The topological polar surface area (TPSA) is 93.7 Å². The number of carbonyl (C=O) groups is 3. The van der Waals surface area contributed by atoms with Gasteiger partial charge in [0.15, 0.2) is 0 Å². The van der Waals surface area contributed by atoms with Crippen molar-refractivity contribution in [3.8, 4) is 0 Å². The number of rotatable bonds is 9. The Morgan fingerprint density at radius 1 is 1.10 bits per heavy atom. The fourth-order valence-corrected chi connectivity index (χ4v) is 1.26. The third-order valence-electron chi connectivity index (χ3n) is 2.01. The van der Waals surface area contributed by atoms with E-state index < -0.39 is 18.2 Å². The molecule has 0 radical (unpaired) electrons. The summed E-state index contributed by atoms with van der Waals surface area (Å²) in [4.78, 5) is 33.7. The van der Waals surface area contributed by atoms with Crippen LogP contribution in [0.2, 0.25) is 0 Å². The normalized spacial score (nSPS) is 10.8. The first-order valence-electron chi connectivity index (χ1n) is 6.04. The van der Waals surface area contributed by atoms with Crippen LogP contribution >= 0.6 is 0 Å². The van der Waals surface area contributed by atoms with Crippen molar-refractivity contribution >= 4 is 18.0 Å². The Balaban J connectivity index is 4.23. The van der Waals surface area contributed by atoms with Crippen LogP contribution in [-0.2, 0) is 14.3 Å². The molecule has 0 bridgehead atoms. The van der Waals surface area contributed by atoms with E-state index in [1.807, 2.05) is 0 Å². The van der Waals surface area contributed by atoms with E-state index in [-0.39, 0.29) is 32.0 Å². The molecular formula is C13H20N2O5. The van der Waals surface area contributed by atoms with Gasteiger partial charge in [-0.1, -0.05) is 25.3 Å². The molecule has 1 unspecified atom stereocenters. The summed E-state index contributed by atoms with van der Waals surface area (Å²) in [6, 6.07) is -0.568. The first kappa shape index (κ1) is 17.7. The van der Waals surface area contributed by atoms with Gasteiger partial charge < -0.3 is 20.1 Å². The van der Waals surface area contributed by atoms with Crippen molar-refractivity contribution in [2.45, 2.75) is 19.4 Å². The van der Waals surface area contributed by atoms with Gasteiger partial charge in [-0.25, -0.2) is 9.59 Å². The molecule has 0 saturated carbocycles. The Morgan fingerprint density at radius 3 is 2.15 bits per heavy atom. The van der Waals surface area contributed by atoms with E-state index in [0.29, 0.717) is 0 Å². The molecule has 7 heteroatoms. The van der Waals surface area contributed by atoms with Gasteiger partial charge in [-0.3, -0.25) is 4.79 Å². The number of hydrogen-bond donors (Lipinski definition) is 2. The Bertz CT molecular complexity index is 368. The van der Waals surface area contributed by atoms with E-state index >= 15 is 0 Å². The molecule has 20 heavy (non-hydrogen) atoms.